The Morgan fingerprint density at radius 2 is 1.84 bits per heavy atom. The largest absolute Gasteiger partial charge is 0.497 e. The molecule has 4 rings (SSSR count). The Kier molecular flexibility index (Phi) is 6.27. The predicted molar refractivity (Wildman–Crippen MR) is 122 cm³/mol. The van der Waals surface area contributed by atoms with E-state index in [1.807, 2.05) is 58.0 Å². The van der Waals surface area contributed by atoms with Gasteiger partial charge in [0.2, 0.25) is 11.9 Å². The molecule has 3 aromatic rings. The third-order valence-electron chi connectivity index (χ3n) is 5.57. The van der Waals surface area contributed by atoms with Crippen molar-refractivity contribution in [2.24, 2.45) is 0 Å². The van der Waals surface area contributed by atoms with Gasteiger partial charge in [0.05, 0.1) is 24.2 Å². The van der Waals surface area contributed by atoms with Crippen molar-refractivity contribution in [2.75, 3.05) is 50.1 Å². The van der Waals surface area contributed by atoms with E-state index in [2.05, 4.69) is 15.2 Å². The number of anilines is 2. The van der Waals surface area contributed by atoms with Gasteiger partial charge in [-0.15, -0.1) is 0 Å². The van der Waals surface area contributed by atoms with Crippen LogP contribution in [-0.2, 0) is 11.3 Å². The van der Waals surface area contributed by atoms with Gasteiger partial charge in [0.1, 0.15) is 12.3 Å². The molecule has 1 aromatic heterocycles. The van der Waals surface area contributed by atoms with Crippen molar-refractivity contribution in [1.29, 1.82) is 0 Å². The van der Waals surface area contributed by atoms with Crippen molar-refractivity contribution < 1.29 is 14.6 Å². The minimum absolute atomic E-state index is 0.0673. The molecular weight excluding hydrogens is 394 g/mol. The fraction of sp³-hybridized carbons (Fsp3) is 0.391. The maximum atomic E-state index is 13.1. The summed E-state index contributed by atoms with van der Waals surface area (Å²) in [6.07, 6.45) is -0.505. The van der Waals surface area contributed by atoms with Gasteiger partial charge in [-0.05, 0) is 43.3 Å². The van der Waals surface area contributed by atoms with Crippen LogP contribution in [0.25, 0.3) is 11.0 Å². The van der Waals surface area contributed by atoms with E-state index in [1.165, 1.54) is 0 Å². The van der Waals surface area contributed by atoms with Crippen molar-refractivity contribution in [3.05, 3.63) is 48.5 Å². The molecule has 1 aliphatic rings. The van der Waals surface area contributed by atoms with Gasteiger partial charge in [0, 0.05) is 38.4 Å². The average molecular weight is 424 g/mol. The number of methoxy groups -OCH3 is 1. The van der Waals surface area contributed by atoms with Crippen molar-refractivity contribution in [2.45, 2.75) is 19.6 Å². The summed E-state index contributed by atoms with van der Waals surface area (Å²) in [7, 11) is 1.66. The molecule has 1 amide bonds. The minimum Gasteiger partial charge on any atom is -0.497 e. The molecule has 2 aromatic carbocycles. The van der Waals surface area contributed by atoms with Gasteiger partial charge in [-0.2, -0.15) is 0 Å². The molecule has 0 saturated carbocycles. The molecule has 8 nitrogen and oxygen atoms in total. The SMILES string of the molecule is COc1ccc(N2CCN(C(=O)Cn3c(NCC(C)O)nc4ccccc43)CC2)cc1. The summed E-state index contributed by atoms with van der Waals surface area (Å²) < 4.78 is 7.13. The molecule has 1 saturated heterocycles. The van der Waals surface area contributed by atoms with E-state index in [0.29, 0.717) is 25.6 Å². The number of piperazine rings is 1. The molecule has 2 heterocycles. The third-order valence-corrected chi connectivity index (χ3v) is 5.57. The standard InChI is InChI=1S/C23H29N5O3/c1-17(29)15-24-23-25-20-5-3-4-6-21(20)28(23)16-22(30)27-13-11-26(12-14-27)18-7-9-19(31-2)10-8-18/h3-10,17,29H,11-16H2,1-2H3,(H,24,25). The molecule has 164 valence electrons. The first-order chi connectivity index (χ1) is 15.0. The van der Waals surface area contributed by atoms with Crippen LogP contribution in [0.3, 0.4) is 0 Å². The molecule has 8 heteroatoms. The number of nitrogens with one attached hydrogen (secondary N) is 1. The number of nitrogens with zero attached hydrogens (tertiary/aromatic N) is 4. The van der Waals surface area contributed by atoms with Gasteiger partial charge in [-0.3, -0.25) is 4.79 Å². The van der Waals surface area contributed by atoms with Crippen molar-refractivity contribution in [1.82, 2.24) is 14.5 Å². The number of aliphatic hydroxyl groups is 1. The van der Waals surface area contributed by atoms with E-state index in [9.17, 15) is 9.90 Å². The highest BCUT2D eigenvalue weighted by Gasteiger charge is 2.23. The summed E-state index contributed by atoms with van der Waals surface area (Å²) in [5, 5.41) is 12.8. The number of carbonyl (C=O) groups excluding carboxylic acids is 1. The quantitative estimate of drug-likeness (QED) is 0.606. The molecular formula is C23H29N5O3. The first kappa shape index (κ1) is 21.0. The number of amides is 1. The molecule has 1 atom stereocenters. The average Bonchev–Trinajstić information content (AvgIpc) is 3.15. The third kappa shape index (κ3) is 4.74. The van der Waals surface area contributed by atoms with E-state index in [1.54, 1.807) is 14.0 Å². The number of fused-ring (bicyclic) bond motifs is 1. The van der Waals surface area contributed by atoms with Crippen molar-refractivity contribution in [3.63, 3.8) is 0 Å². The van der Waals surface area contributed by atoms with E-state index in [0.717, 1.165) is 35.6 Å². The lowest BCUT2D eigenvalue weighted by Crippen LogP contribution is -2.49. The summed E-state index contributed by atoms with van der Waals surface area (Å²) in [5.41, 5.74) is 2.87. The molecule has 0 radical (unpaired) electrons. The van der Waals surface area contributed by atoms with Crippen LogP contribution >= 0.6 is 0 Å². The van der Waals surface area contributed by atoms with Crippen LogP contribution in [-0.4, -0.2) is 71.4 Å². The number of para-hydroxylation sites is 2. The highest BCUT2D eigenvalue weighted by molar-refractivity contribution is 5.83. The summed E-state index contributed by atoms with van der Waals surface area (Å²) >= 11 is 0. The fourth-order valence-electron chi connectivity index (χ4n) is 3.85. The zero-order valence-corrected chi connectivity index (χ0v) is 18.0. The van der Waals surface area contributed by atoms with Gasteiger partial charge in [-0.25, -0.2) is 4.98 Å². The number of hydrogen-bond acceptors (Lipinski definition) is 6. The number of benzene rings is 2. The summed E-state index contributed by atoms with van der Waals surface area (Å²) in [4.78, 5) is 21.9. The van der Waals surface area contributed by atoms with Gasteiger partial charge >= 0.3 is 0 Å². The molecule has 0 aliphatic carbocycles. The Morgan fingerprint density at radius 1 is 1.13 bits per heavy atom. The summed E-state index contributed by atoms with van der Waals surface area (Å²) in [6, 6.07) is 15.8. The highest BCUT2D eigenvalue weighted by Crippen LogP contribution is 2.22. The lowest BCUT2D eigenvalue weighted by atomic mass is 10.2. The molecule has 0 bridgehead atoms. The van der Waals surface area contributed by atoms with Crippen LogP contribution in [0.4, 0.5) is 11.6 Å². The van der Waals surface area contributed by atoms with Crippen LogP contribution in [0.5, 0.6) is 5.75 Å². The Balaban J connectivity index is 1.43. The molecule has 1 unspecified atom stereocenters. The van der Waals surface area contributed by atoms with Crippen LogP contribution in [0.1, 0.15) is 6.92 Å². The van der Waals surface area contributed by atoms with E-state index in [-0.39, 0.29) is 12.5 Å². The minimum atomic E-state index is -0.505. The smallest absolute Gasteiger partial charge is 0.242 e. The second kappa shape index (κ2) is 9.26. The van der Waals surface area contributed by atoms with E-state index < -0.39 is 6.10 Å². The van der Waals surface area contributed by atoms with Gasteiger partial charge in [0.25, 0.3) is 0 Å². The lowest BCUT2D eigenvalue weighted by molar-refractivity contribution is -0.132. The van der Waals surface area contributed by atoms with Crippen molar-refractivity contribution >= 4 is 28.6 Å². The van der Waals surface area contributed by atoms with Crippen LogP contribution in [0.15, 0.2) is 48.5 Å². The molecule has 0 spiro atoms. The monoisotopic (exact) mass is 423 g/mol. The van der Waals surface area contributed by atoms with Crippen LogP contribution in [0, 0.1) is 0 Å². The Bertz CT molecular complexity index is 1020. The predicted octanol–water partition coefficient (Wildman–Crippen LogP) is 2.19. The maximum Gasteiger partial charge on any atom is 0.242 e. The lowest BCUT2D eigenvalue weighted by Gasteiger charge is -2.36. The topological polar surface area (TPSA) is 82.9 Å². The summed E-state index contributed by atoms with van der Waals surface area (Å²) in [6.45, 7) is 5.23. The van der Waals surface area contributed by atoms with Crippen LogP contribution in [0.2, 0.25) is 0 Å². The van der Waals surface area contributed by atoms with E-state index >= 15 is 0 Å². The molecule has 2 N–H and O–H groups in total. The number of ether oxygens (including phenoxy) is 1. The first-order valence-corrected chi connectivity index (χ1v) is 10.6. The Labute approximate surface area is 182 Å². The molecule has 31 heavy (non-hydrogen) atoms. The maximum absolute atomic E-state index is 13.1. The van der Waals surface area contributed by atoms with Gasteiger partial charge in [0.15, 0.2) is 0 Å². The normalized spacial score (nSPS) is 15.2. The molecule has 1 fully saturated rings. The Morgan fingerprint density at radius 3 is 2.52 bits per heavy atom. The highest BCUT2D eigenvalue weighted by atomic mass is 16.5. The van der Waals surface area contributed by atoms with Gasteiger partial charge in [-0.1, -0.05) is 12.1 Å². The van der Waals surface area contributed by atoms with E-state index in [4.69, 9.17) is 4.74 Å². The number of aromatic nitrogens is 2. The Hall–Kier alpha value is -3.26. The van der Waals surface area contributed by atoms with Crippen molar-refractivity contribution in [3.8, 4) is 5.75 Å². The first-order valence-electron chi connectivity index (χ1n) is 10.6. The van der Waals surface area contributed by atoms with Crippen LogP contribution < -0.4 is 15.0 Å². The zero-order chi connectivity index (χ0) is 21.8. The number of imidazole rings is 1. The zero-order valence-electron chi connectivity index (χ0n) is 18.0. The number of carbonyl (C=O) groups is 1. The fourth-order valence-corrected chi connectivity index (χ4v) is 3.85. The number of aliphatic hydroxyl groups excluding tert-OH is 1. The number of hydrogen-bond donors (Lipinski definition) is 2. The molecule has 1 aliphatic heterocycles. The van der Waals surface area contributed by atoms with Gasteiger partial charge < -0.3 is 29.5 Å². The second-order valence-corrected chi connectivity index (χ2v) is 7.81. The number of rotatable bonds is 7. The summed E-state index contributed by atoms with van der Waals surface area (Å²) in [5.74, 6) is 1.51. The second-order valence-electron chi connectivity index (χ2n) is 7.81.